The first kappa shape index (κ1) is 9.90. The molecule has 7 nitrogen and oxygen atoms in total. The van der Waals surface area contributed by atoms with Gasteiger partial charge in [0.15, 0.2) is 5.69 Å². The Labute approximate surface area is 78.0 Å². The Hall–Kier alpha value is -2.18. The Balaban J connectivity index is 3.31. The van der Waals surface area contributed by atoms with E-state index in [1.165, 1.54) is 7.11 Å². The first-order valence-corrected chi connectivity index (χ1v) is 3.44. The number of carbonyl (C=O) groups is 2. The molecule has 0 atom stereocenters. The van der Waals surface area contributed by atoms with Gasteiger partial charge in [0.2, 0.25) is 0 Å². The molecule has 1 aromatic heterocycles. The number of ether oxygens (including phenoxy) is 1. The molecule has 0 aromatic carbocycles. The van der Waals surface area contributed by atoms with Crippen LogP contribution in [0.2, 0.25) is 0 Å². The molecule has 0 fully saturated rings. The number of carboxylic acid groups (broad SMARTS) is 2. The predicted octanol–water partition coefficient (Wildman–Crippen LogP) is -0.118. The minimum atomic E-state index is -1.44. The quantitative estimate of drug-likeness (QED) is 0.696. The highest BCUT2D eigenvalue weighted by Gasteiger charge is 2.19. The fourth-order valence-corrected chi connectivity index (χ4v) is 0.784. The maximum Gasteiger partial charge on any atom is 0.355 e. The van der Waals surface area contributed by atoms with Gasteiger partial charge in [0.1, 0.15) is 5.56 Å². The molecule has 0 amide bonds. The first-order chi connectivity index (χ1) is 6.56. The van der Waals surface area contributed by atoms with Crippen molar-refractivity contribution in [3.8, 4) is 6.01 Å². The third kappa shape index (κ3) is 1.76. The van der Waals surface area contributed by atoms with Crippen molar-refractivity contribution in [2.45, 2.75) is 0 Å². The lowest BCUT2D eigenvalue weighted by atomic mass is 10.2. The van der Waals surface area contributed by atoms with Crippen LogP contribution in [0.3, 0.4) is 0 Å². The van der Waals surface area contributed by atoms with Gasteiger partial charge in [-0.25, -0.2) is 14.6 Å². The fourth-order valence-electron chi connectivity index (χ4n) is 0.784. The third-order valence-electron chi connectivity index (χ3n) is 1.38. The SMILES string of the molecule is COc1ncc(C(=O)O)c(C(=O)O)n1. The van der Waals surface area contributed by atoms with Crippen LogP contribution in [0.4, 0.5) is 0 Å². The van der Waals surface area contributed by atoms with Gasteiger partial charge >= 0.3 is 17.9 Å². The molecule has 74 valence electrons. The summed E-state index contributed by atoms with van der Waals surface area (Å²) in [6, 6.07) is -0.188. The van der Waals surface area contributed by atoms with Crippen LogP contribution in [-0.4, -0.2) is 39.2 Å². The zero-order valence-corrected chi connectivity index (χ0v) is 7.09. The number of rotatable bonds is 3. The second-order valence-corrected chi connectivity index (χ2v) is 2.23. The summed E-state index contributed by atoms with van der Waals surface area (Å²) in [6.07, 6.45) is 0.887. The van der Waals surface area contributed by atoms with E-state index in [-0.39, 0.29) is 6.01 Å². The van der Waals surface area contributed by atoms with Crippen LogP contribution >= 0.6 is 0 Å². The molecule has 1 aromatic rings. The molecule has 0 aliphatic rings. The van der Waals surface area contributed by atoms with Crippen LogP contribution < -0.4 is 4.74 Å². The number of methoxy groups -OCH3 is 1. The molecule has 0 aliphatic carbocycles. The Bertz CT molecular complexity index is 390. The molecule has 0 saturated carbocycles. The third-order valence-corrected chi connectivity index (χ3v) is 1.38. The Morgan fingerprint density at radius 1 is 1.36 bits per heavy atom. The number of nitrogens with zero attached hydrogens (tertiary/aromatic N) is 2. The molecule has 2 N–H and O–H groups in total. The largest absolute Gasteiger partial charge is 0.478 e. The topological polar surface area (TPSA) is 110 Å². The summed E-state index contributed by atoms with van der Waals surface area (Å²) in [7, 11) is 1.25. The van der Waals surface area contributed by atoms with Gasteiger partial charge in [-0.05, 0) is 0 Å². The second-order valence-electron chi connectivity index (χ2n) is 2.23. The zero-order chi connectivity index (χ0) is 10.7. The highest BCUT2D eigenvalue weighted by Crippen LogP contribution is 2.09. The maximum absolute atomic E-state index is 10.6. The van der Waals surface area contributed by atoms with Crippen LogP contribution in [0.15, 0.2) is 6.20 Å². The van der Waals surface area contributed by atoms with E-state index >= 15 is 0 Å². The molecular formula is C7H6N2O5. The minimum Gasteiger partial charge on any atom is -0.478 e. The lowest BCUT2D eigenvalue weighted by molar-refractivity contribution is 0.0644. The van der Waals surface area contributed by atoms with Crippen molar-refractivity contribution >= 4 is 11.9 Å². The predicted molar refractivity (Wildman–Crippen MR) is 42.5 cm³/mol. The van der Waals surface area contributed by atoms with E-state index in [9.17, 15) is 9.59 Å². The summed E-state index contributed by atoms with van der Waals surface area (Å²) in [4.78, 5) is 28.0. The number of aromatic carboxylic acids is 2. The van der Waals surface area contributed by atoms with Crippen molar-refractivity contribution in [2.24, 2.45) is 0 Å². The molecule has 14 heavy (non-hydrogen) atoms. The molecule has 0 aliphatic heterocycles. The van der Waals surface area contributed by atoms with Crippen molar-refractivity contribution < 1.29 is 24.5 Å². The summed E-state index contributed by atoms with van der Waals surface area (Å²) in [5.41, 5.74) is -1.07. The lowest BCUT2D eigenvalue weighted by Gasteiger charge is -2.01. The van der Waals surface area contributed by atoms with Gasteiger partial charge in [0, 0.05) is 6.20 Å². The van der Waals surface area contributed by atoms with Gasteiger partial charge in [-0.15, -0.1) is 0 Å². The summed E-state index contributed by atoms with van der Waals surface area (Å²) in [6.45, 7) is 0. The number of hydrogen-bond donors (Lipinski definition) is 2. The highest BCUT2D eigenvalue weighted by atomic mass is 16.5. The van der Waals surface area contributed by atoms with Crippen molar-refractivity contribution in [1.82, 2.24) is 9.97 Å². The maximum atomic E-state index is 10.6. The number of aromatic nitrogens is 2. The van der Waals surface area contributed by atoms with Crippen LogP contribution in [0.1, 0.15) is 20.8 Å². The van der Waals surface area contributed by atoms with Crippen molar-refractivity contribution in [1.29, 1.82) is 0 Å². The van der Waals surface area contributed by atoms with Gasteiger partial charge in [0.05, 0.1) is 7.11 Å². The first-order valence-electron chi connectivity index (χ1n) is 3.44. The van der Waals surface area contributed by atoms with E-state index in [1.54, 1.807) is 0 Å². The van der Waals surface area contributed by atoms with Crippen molar-refractivity contribution in [3.05, 3.63) is 17.5 Å². The molecule has 1 rings (SSSR count). The van der Waals surface area contributed by atoms with E-state index in [2.05, 4.69) is 14.7 Å². The average molecular weight is 198 g/mol. The molecule has 0 bridgehead atoms. The summed E-state index contributed by atoms with van der Waals surface area (Å²) in [5.74, 6) is -2.84. The van der Waals surface area contributed by atoms with E-state index < -0.39 is 23.2 Å². The van der Waals surface area contributed by atoms with Gasteiger partial charge in [-0.3, -0.25) is 0 Å². The van der Waals surface area contributed by atoms with E-state index in [0.717, 1.165) is 6.20 Å². The molecular weight excluding hydrogens is 192 g/mol. The minimum absolute atomic E-state index is 0.188. The summed E-state index contributed by atoms with van der Waals surface area (Å²) in [5, 5.41) is 17.2. The summed E-state index contributed by atoms with van der Waals surface area (Å²) < 4.78 is 4.56. The monoisotopic (exact) mass is 198 g/mol. The molecule has 0 unspecified atom stereocenters. The smallest absolute Gasteiger partial charge is 0.355 e. The van der Waals surface area contributed by atoms with Crippen LogP contribution in [0, 0.1) is 0 Å². The Morgan fingerprint density at radius 3 is 2.43 bits per heavy atom. The Morgan fingerprint density at radius 2 is 2.00 bits per heavy atom. The lowest BCUT2D eigenvalue weighted by Crippen LogP contribution is -2.12. The highest BCUT2D eigenvalue weighted by molar-refractivity contribution is 5.99. The molecule has 1 heterocycles. The summed E-state index contributed by atoms with van der Waals surface area (Å²) >= 11 is 0. The van der Waals surface area contributed by atoms with Gasteiger partial charge in [-0.1, -0.05) is 0 Å². The standard InChI is InChI=1S/C7H6N2O5/c1-14-7-8-2-3(5(10)11)4(9-7)6(12)13/h2H,1H3,(H,10,11)(H,12,13). The zero-order valence-electron chi connectivity index (χ0n) is 7.09. The second kappa shape index (κ2) is 3.69. The van der Waals surface area contributed by atoms with Crippen LogP contribution in [-0.2, 0) is 0 Å². The molecule has 7 heteroatoms. The Kier molecular flexibility index (Phi) is 2.61. The average Bonchev–Trinajstić information content (AvgIpc) is 2.16. The van der Waals surface area contributed by atoms with E-state index in [1.807, 2.05) is 0 Å². The number of carboxylic acids is 2. The van der Waals surface area contributed by atoms with Crippen molar-refractivity contribution in [2.75, 3.05) is 7.11 Å². The molecule has 0 saturated heterocycles. The van der Waals surface area contributed by atoms with Gasteiger partial charge in [0.25, 0.3) is 0 Å². The van der Waals surface area contributed by atoms with Gasteiger partial charge in [-0.2, -0.15) is 4.98 Å². The van der Waals surface area contributed by atoms with Crippen LogP contribution in [0.25, 0.3) is 0 Å². The molecule has 0 radical (unpaired) electrons. The fraction of sp³-hybridized carbons (Fsp3) is 0.143. The normalized spacial score (nSPS) is 9.50. The van der Waals surface area contributed by atoms with E-state index in [4.69, 9.17) is 10.2 Å². The number of hydrogen-bond acceptors (Lipinski definition) is 5. The van der Waals surface area contributed by atoms with E-state index in [0.29, 0.717) is 0 Å². The van der Waals surface area contributed by atoms with Crippen LogP contribution in [0.5, 0.6) is 6.01 Å². The molecule has 0 spiro atoms. The van der Waals surface area contributed by atoms with Crippen molar-refractivity contribution in [3.63, 3.8) is 0 Å². The van der Waals surface area contributed by atoms with Gasteiger partial charge < -0.3 is 14.9 Å².